The number of nitrogens with zero attached hydrogens (tertiary/aromatic N) is 5. The quantitative estimate of drug-likeness (QED) is 0.173. The first kappa shape index (κ1) is 31.8. The lowest BCUT2D eigenvalue weighted by Crippen LogP contribution is -2.00. The van der Waals surface area contributed by atoms with Gasteiger partial charge in [0.25, 0.3) is 0 Å². The van der Waals surface area contributed by atoms with E-state index in [1.807, 2.05) is 103 Å². The van der Waals surface area contributed by atoms with E-state index in [0.29, 0.717) is 34.6 Å². The molecule has 0 unspecified atom stereocenters. The van der Waals surface area contributed by atoms with E-state index < -0.39 is 0 Å². The van der Waals surface area contributed by atoms with Crippen LogP contribution in [0.3, 0.4) is 0 Å². The summed E-state index contributed by atoms with van der Waals surface area (Å²) in [6, 6.07) is 55.2. The van der Waals surface area contributed by atoms with Crippen molar-refractivity contribution in [2.45, 2.75) is 0 Å². The maximum Gasteiger partial charge on any atom is 0.180 e. The van der Waals surface area contributed by atoms with Gasteiger partial charge in [0.05, 0.1) is 0 Å². The Morgan fingerprint density at radius 2 is 1.00 bits per heavy atom. The van der Waals surface area contributed by atoms with E-state index in [9.17, 15) is 0 Å². The molecule has 5 heterocycles. The van der Waals surface area contributed by atoms with Gasteiger partial charge < -0.3 is 8.83 Å². The molecule has 0 aliphatic heterocycles. The SMILES string of the molecule is c1ccc(-c2nc(-c3ccccc3)nc(-c3cccc4oc5ccc(-c6nc(-c7cccc8c7sc7ccccc78)nc7c6oc6ccccc67)cc5c34)n2)cc1. The zero-order chi connectivity index (χ0) is 37.5. The molecular formula is C49H27N5O2S. The zero-order valence-electron chi connectivity index (χ0n) is 30.0. The molecule has 12 aromatic rings. The van der Waals surface area contributed by atoms with Gasteiger partial charge in [0, 0.05) is 64.1 Å². The lowest BCUT2D eigenvalue weighted by Gasteiger charge is -2.09. The molecule has 0 aliphatic rings. The fraction of sp³-hybridized carbons (Fsp3) is 0. The third kappa shape index (κ3) is 5.08. The van der Waals surface area contributed by atoms with Crippen LogP contribution < -0.4 is 0 Å². The minimum atomic E-state index is 0.557. The molecule has 0 fully saturated rings. The molecule has 7 aromatic carbocycles. The van der Waals surface area contributed by atoms with E-state index in [1.165, 1.54) is 15.5 Å². The van der Waals surface area contributed by atoms with Crippen LogP contribution in [-0.4, -0.2) is 24.9 Å². The molecule has 0 aliphatic carbocycles. The van der Waals surface area contributed by atoms with Gasteiger partial charge in [0.1, 0.15) is 28.0 Å². The van der Waals surface area contributed by atoms with Crippen molar-refractivity contribution in [2.24, 2.45) is 0 Å². The van der Waals surface area contributed by atoms with Crippen LogP contribution in [0.1, 0.15) is 0 Å². The summed E-state index contributed by atoms with van der Waals surface area (Å²) in [6.45, 7) is 0. The van der Waals surface area contributed by atoms with E-state index in [-0.39, 0.29) is 0 Å². The Labute approximate surface area is 328 Å². The Morgan fingerprint density at radius 1 is 0.386 bits per heavy atom. The highest BCUT2D eigenvalue weighted by Crippen LogP contribution is 2.43. The Balaban J connectivity index is 1.10. The minimum absolute atomic E-state index is 0.557. The molecule has 7 nitrogen and oxygen atoms in total. The maximum absolute atomic E-state index is 6.58. The zero-order valence-corrected chi connectivity index (χ0v) is 30.9. The highest BCUT2D eigenvalue weighted by atomic mass is 32.1. The second-order valence-electron chi connectivity index (χ2n) is 14.0. The van der Waals surface area contributed by atoms with Gasteiger partial charge in [-0.1, -0.05) is 115 Å². The van der Waals surface area contributed by atoms with Gasteiger partial charge in [0.15, 0.2) is 28.9 Å². The minimum Gasteiger partial charge on any atom is -0.456 e. The second kappa shape index (κ2) is 12.5. The fourth-order valence-corrected chi connectivity index (χ4v) is 9.13. The number of aromatic nitrogens is 5. The molecule has 0 radical (unpaired) electrons. The number of fused-ring (bicyclic) bond motifs is 9. The standard InChI is InChI=1S/C49H27N5O2S/c1-3-13-28(14-4-1)46-52-47(29-15-5-2-6-16-29)54-48(53-46)34-20-12-23-39-41(34)36-27-30(25-26-38(36)55-39)42-44-43(33-18-7-9-22-37(33)56-44)51-49(50-42)35-21-11-19-32-31-17-8-10-24-40(31)57-45(32)35/h1-27H. The monoisotopic (exact) mass is 749 g/mol. The van der Waals surface area contributed by atoms with E-state index in [4.69, 9.17) is 33.8 Å². The largest absolute Gasteiger partial charge is 0.456 e. The molecule has 0 atom stereocenters. The molecule has 0 bridgehead atoms. The van der Waals surface area contributed by atoms with Gasteiger partial charge in [0.2, 0.25) is 0 Å². The molecule has 12 rings (SSSR count). The summed E-state index contributed by atoms with van der Waals surface area (Å²) in [6.07, 6.45) is 0. The van der Waals surface area contributed by atoms with E-state index in [0.717, 1.165) is 70.9 Å². The lowest BCUT2D eigenvalue weighted by atomic mass is 10.0. The van der Waals surface area contributed by atoms with Crippen molar-refractivity contribution in [3.63, 3.8) is 0 Å². The summed E-state index contributed by atoms with van der Waals surface area (Å²) in [5.74, 6) is 2.40. The topological polar surface area (TPSA) is 90.7 Å². The highest BCUT2D eigenvalue weighted by molar-refractivity contribution is 7.26. The number of hydrogen-bond donors (Lipinski definition) is 0. The molecular weight excluding hydrogens is 723 g/mol. The molecule has 0 amide bonds. The van der Waals surface area contributed by atoms with Crippen LogP contribution in [0.15, 0.2) is 173 Å². The molecule has 5 aromatic heterocycles. The van der Waals surface area contributed by atoms with Gasteiger partial charge >= 0.3 is 0 Å². The van der Waals surface area contributed by atoms with Gasteiger partial charge in [-0.3, -0.25) is 0 Å². The number of furan rings is 2. The van der Waals surface area contributed by atoms with Gasteiger partial charge in [-0.2, -0.15) is 0 Å². The molecule has 0 spiro atoms. The summed E-state index contributed by atoms with van der Waals surface area (Å²) in [5, 5.41) is 5.18. The van der Waals surface area contributed by atoms with Gasteiger partial charge in [-0.05, 0) is 48.5 Å². The van der Waals surface area contributed by atoms with E-state index >= 15 is 0 Å². The van der Waals surface area contributed by atoms with Crippen LogP contribution in [0, 0.1) is 0 Å². The number of thiophene rings is 1. The molecule has 57 heavy (non-hydrogen) atoms. The second-order valence-corrected chi connectivity index (χ2v) is 15.0. The van der Waals surface area contributed by atoms with Crippen LogP contribution in [0.2, 0.25) is 0 Å². The summed E-state index contributed by atoms with van der Waals surface area (Å²) >= 11 is 1.77. The number of rotatable bonds is 5. The predicted molar refractivity (Wildman–Crippen MR) is 230 cm³/mol. The van der Waals surface area contributed by atoms with Crippen molar-refractivity contribution in [1.29, 1.82) is 0 Å². The summed E-state index contributed by atoms with van der Waals surface area (Å²) in [5.41, 5.74) is 8.86. The van der Waals surface area contributed by atoms with Gasteiger partial charge in [-0.15, -0.1) is 11.3 Å². The van der Waals surface area contributed by atoms with Crippen molar-refractivity contribution in [1.82, 2.24) is 24.9 Å². The average molecular weight is 750 g/mol. The number of benzene rings is 7. The first-order valence-electron chi connectivity index (χ1n) is 18.7. The Bertz CT molecular complexity index is 3480. The normalized spacial score (nSPS) is 11.9. The predicted octanol–water partition coefficient (Wildman–Crippen LogP) is 13.2. The van der Waals surface area contributed by atoms with Crippen molar-refractivity contribution >= 4 is 75.5 Å². The van der Waals surface area contributed by atoms with Crippen molar-refractivity contribution in [2.75, 3.05) is 0 Å². The smallest absolute Gasteiger partial charge is 0.180 e. The molecule has 0 N–H and O–H groups in total. The summed E-state index contributed by atoms with van der Waals surface area (Å²) < 4.78 is 15.5. The van der Waals surface area contributed by atoms with Crippen LogP contribution in [0.5, 0.6) is 0 Å². The highest BCUT2D eigenvalue weighted by Gasteiger charge is 2.23. The third-order valence-electron chi connectivity index (χ3n) is 10.6. The van der Waals surface area contributed by atoms with Crippen LogP contribution in [0.25, 0.3) is 121 Å². The molecule has 0 saturated heterocycles. The first-order valence-corrected chi connectivity index (χ1v) is 19.5. The Hall–Kier alpha value is -7.55. The Kier molecular flexibility index (Phi) is 6.96. The number of hydrogen-bond acceptors (Lipinski definition) is 8. The van der Waals surface area contributed by atoms with Crippen LogP contribution in [-0.2, 0) is 0 Å². The van der Waals surface area contributed by atoms with Crippen molar-refractivity contribution in [3.05, 3.63) is 164 Å². The van der Waals surface area contributed by atoms with Gasteiger partial charge in [-0.25, -0.2) is 24.9 Å². The van der Waals surface area contributed by atoms with Crippen LogP contribution in [0.4, 0.5) is 0 Å². The first-order chi connectivity index (χ1) is 28.2. The molecule has 8 heteroatoms. The lowest BCUT2D eigenvalue weighted by molar-refractivity contribution is 0.666. The van der Waals surface area contributed by atoms with Crippen LogP contribution >= 0.6 is 11.3 Å². The molecule has 266 valence electrons. The van der Waals surface area contributed by atoms with E-state index in [2.05, 4.69) is 60.7 Å². The fourth-order valence-electron chi connectivity index (χ4n) is 7.92. The van der Waals surface area contributed by atoms with E-state index in [1.54, 1.807) is 11.3 Å². The number of para-hydroxylation sites is 1. The summed E-state index contributed by atoms with van der Waals surface area (Å²) in [4.78, 5) is 25.6. The average Bonchev–Trinajstić information content (AvgIpc) is 3.98. The maximum atomic E-state index is 6.58. The molecule has 0 saturated carbocycles. The summed E-state index contributed by atoms with van der Waals surface area (Å²) in [7, 11) is 0. The van der Waals surface area contributed by atoms with Crippen molar-refractivity contribution in [3.8, 4) is 56.8 Å². The van der Waals surface area contributed by atoms with Crippen molar-refractivity contribution < 1.29 is 8.83 Å². The third-order valence-corrected chi connectivity index (χ3v) is 11.8. The Morgan fingerprint density at radius 3 is 1.81 bits per heavy atom.